The van der Waals surface area contributed by atoms with Crippen LogP contribution >= 0.6 is 11.3 Å². The molecule has 0 spiro atoms. The number of benzene rings is 1. The molecule has 3 N–H and O–H groups in total. The number of nitrogens with two attached hydrogens (primary N) is 1. The van der Waals surface area contributed by atoms with E-state index in [0.717, 1.165) is 38.0 Å². The SMILES string of the molecule is NC(=O)c1csc(CN2CCC([C@@H](O)c3ccccc3)CC2)c1. The molecule has 2 heterocycles. The number of primary amides is 1. The number of aliphatic hydroxyl groups excluding tert-OH is 1. The Hall–Kier alpha value is -1.69. The molecule has 1 aliphatic rings. The second-order valence-corrected chi connectivity index (χ2v) is 7.13. The molecule has 1 aromatic heterocycles. The highest BCUT2D eigenvalue weighted by Gasteiger charge is 2.26. The molecule has 23 heavy (non-hydrogen) atoms. The summed E-state index contributed by atoms with van der Waals surface area (Å²) in [4.78, 5) is 14.7. The van der Waals surface area contributed by atoms with Crippen LogP contribution < -0.4 is 5.73 Å². The van der Waals surface area contributed by atoms with Gasteiger partial charge in [0.2, 0.25) is 5.91 Å². The number of rotatable bonds is 5. The third-order valence-electron chi connectivity index (χ3n) is 4.54. The molecule has 122 valence electrons. The van der Waals surface area contributed by atoms with Crippen molar-refractivity contribution in [1.82, 2.24) is 4.90 Å². The van der Waals surface area contributed by atoms with Gasteiger partial charge in [0.05, 0.1) is 11.7 Å². The second kappa shape index (κ2) is 7.25. The molecule has 4 nitrogen and oxygen atoms in total. The highest BCUT2D eigenvalue weighted by molar-refractivity contribution is 7.10. The lowest BCUT2D eigenvalue weighted by molar-refractivity contribution is 0.0570. The summed E-state index contributed by atoms with van der Waals surface area (Å²) in [5, 5.41) is 12.3. The molecule has 1 atom stereocenters. The highest BCUT2D eigenvalue weighted by Crippen LogP contribution is 2.31. The number of thiophene rings is 1. The van der Waals surface area contributed by atoms with E-state index >= 15 is 0 Å². The summed E-state index contributed by atoms with van der Waals surface area (Å²) >= 11 is 1.58. The molecule has 1 aliphatic heterocycles. The number of amides is 1. The molecule has 3 rings (SSSR count). The van der Waals surface area contributed by atoms with Crippen molar-refractivity contribution in [2.24, 2.45) is 11.7 Å². The quantitative estimate of drug-likeness (QED) is 0.886. The second-order valence-electron chi connectivity index (χ2n) is 6.14. The lowest BCUT2D eigenvalue weighted by atomic mass is 9.87. The summed E-state index contributed by atoms with van der Waals surface area (Å²) in [6.07, 6.45) is 1.61. The number of piperidine rings is 1. The van der Waals surface area contributed by atoms with Gasteiger partial charge in [-0.1, -0.05) is 30.3 Å². The van der Waals surface area contributed by atoms with Gasteiger partial charge in [0.25, 0.3) is 0 Å². The zero-order chi connectivity index (χ0) is 16.2. The van der Waals surface area contributed by atoms with E-state index in [1.807, 2.05) is 41.8 Å². The van der Waals surface area contributed by atoms with Crippen LogP contribution in [0, 0.1) is 5.92 Å². The van der Waals surface area contributed by atoms with Crippen molar-refractivity contribution in [2.75, 3.05) is 13.1 Å². The van der Waals surface area contributed by atoms with Gasteiger partial charge < -0.3 is 10.8 Å². The Morgan fingerprint density at radius 1 is 1.30 bits per heavy atom. The predicted octanol–water partition coefficient (Wildman–Crippen LogP) is 2.79. The number of hydrogen-bond acceptors (Lipinski definition) is 4. The first-order valence-corrected chi connectivity index (χ1v) is 8.84. The van der Waals surface area contributed by atoms with Crippen LogP contribution in [-0.4, -0.2) is 29.0 Å². The van der Waals surface area contributed by atoms with E-state index in [1.165, 1.54) is 4.88 Å². The van der Waals surface area contributed by atoms with Crippen molar-refractivity contribution >= 4 is 17.2 Å². The van der Waals surface area contributed by atoms with Gasteiger partial charge in [-0.2, -0.15) is 0 Å². The number of hydrogen-bond donors (Lipinski definition) is 2. The summed E-state index contributed by atoms with van der Waals surface area (Å²) in [6.45, 7) is 2.79. The van der Waals surface area contributed by atoms with Crippen LogP contribution in [0.15, 0.2) is 41.8 Å². The largest absolute Gasteiger partial charge is 0.388 e. The Balaban J connectivity index is 1.53. The molecular formula is C18H22N2O2S. The summed E-state index contributed by atoms with van der Waals surface area (Å²) in [7, 11) is 0. The van der Waals surface area contributed by atoms with Crippen molar-refractivity contribution in [2.45, 2.75) is 25.5 Å². The lowest BCUT2D eigenvalue weighted by Crippen LogP contribution is -2.35. The van der Waals surface area contributed by atoms with Crippen LogP contribution in [0.1, 0.15) is 39.7 Å². The van der Waals surface area contributed by atoms with Crippen molar-refractivity contribution in [1.29, 1.82) is 0 Å². The van der Waals surface area contributed by atoms with Crippen LogP contribution in [0.2, 0.25) is 0 Å². The van der Waals surface area contributed by atoms with E-state index in [1.54, 1.807) is 11.3 Å². The zero-order valence-electron chi connectivity index (χ0n) is 13.0. The number of likely N-dealkylation sites (tertiary alicyclic amines) is 1. The number of carbonyl (C=O) groups excluding carboxylic acids is 1. The van der Waals surface area contributed by atoms with E-state index in [4.69, 9.17) is 5.73 Å². The van der Waals surface area contributed by atoms with Crippen molar-refractivity contribution in [3.63, 3.8) is 0 Å². The predicted molar refractivity (Wildman–Crippen MR) is 92.2 cm³/mol. The molecule has 2 aromatic rings. The van der Waals surface area contributed by atoms with Gasteiger partial charge in [-0.05, 0) is 43.5 Å². The van der Waals surface area contributed by atoms with E-state index in [0.29, 0.717) is 11.5 Å². The molecule has 0 radical (unpaired) electrons. The average molecular weight is 330 g/mol. The van der Waals surface area contributed by atoms with Crippen LogP contribution in [0.5, 0.6) is 0 Å². The van der Waals surface area contributed by atoms with Gasteiger partial charge in [-0.25, -0.2) is 0 Å². The number of nitrogens with zero attached hydrogens (tertiary/aromatic N) is 1. The maximum atomic E-state index is 11.1. The molecule has 5 heteroatoms. The summed E-state index contributed by atoms with van der Waals surface area (Å²) < 4.78 is 0. The monoisotopic (exact) mass is 330 g/mol. The van der Waals surface area contributed by atoms with Gasteiger partial charge in [0.15, 0.2) is 0 Å². The lowest BCUT2D eigenvalue weighted by Gasteiger charge is -2.34. The third kappa shape index (κ3) is 3.99. The van der Waals surface area contributed by atoms with Gasteiger partial charge >= 0.3 is 0 Å². The van der Waals surface area contributed by atoms with E-state index < -0.39 is 0 Å². The fourth-order valence-corrected chi connectivity index (χ4v) is 4.08. The first kappa shape index (κ1) is 16.2. The molecule has 0 aliphatic carbocycles. The van der Waals surface area contributed by atoms with E-state index in [-0.39, 0.29) is 12.0 Å². The van der Waals surface area contributed by atoms with E-state index in [9.17, 15) is 9.90 Å². The smallest absolute Gasteiger partial charge is 0.249 e. The number of carbonyl (C=O) groups is 1. The Labute approximate surface area is 140 Å². The fraction of sp³-hybridized carbons (Fsp3) is 0.389. The topological polar surface area (TPSA) is 66.6 Å². The Morgan fingerprint density at radius 2 is 2.00 bits per heavy atom. The molecule has 0 saturated carbocycles. The van der Waals surface area contributed by atoms with Crippen molar-refractivity contribution in [3.8, 4) is 0 Å². The Bertz CT molecular complexity index is 648. The molecule has 1 aromatic carbocycles. The van der Waals surface area contributed by atoms with E-state index in [2.05, 4.69) is 4.90 Å². The van der Waals surface area contributed by atoms with Gasteiger partial charge in [0.1, 0.15) is 0 Å². The van der Waals surface area contributed by atoms with Crippen molar-refractivity contribution < 1.29 is 9.90 Å². The van der Waals surface area contributed by atoms with Crippen LogP contribution in [0.4, 0.5) is 0 Å². The average Bonchev–Trinajstić information content (AvgIpc) is 3.04. The molecule has 1 fully saturated rings. The minimum Gasteiger partial charge on any atom is -0.388 e. The van der Waals surface area contributed by atoms with Crippen LogP contribution in [0.25, 0.3) is 0 Å². The highest BCUT2D eigenvalue weighted by atomic mass is 32.1. The van der Waals surface area contributed by atoms with Crippen LogP contribution in [0.3, 0.4) is 0 Å². The Kier molecular flexibility index (Phi) is 5.10. The molecule has 0 unspecified atom stereocenters. The maximum absolute atomic E-state index is 11.1. The third-order valence-corrected chi connectivity index (χ3v) is 5.46. The Morgan fingerprint density at radius 3 is 2.61 bits per heavy atom. The molecule has 0 bridgehead atoms. The summed E-state index contributed by atoms with van der Waals surface area (Å²) in [5.74, 6) is -0.0460. The van der Waals surface area contributed by atoms with Gasteiger partial charge in [-0.15, -0.1) is 11.3 Å². The molecular weight excluding hydrogens is 308 g/mol. The summed E-state index contributed by atoms with van der Waals surface area (Å²) in [6, 6.07) is 11.8. The maximum Gasteiger partial charge on any atom is 0.249 e. The fourth-order valence-electron chi connectivity index (χ4n) is 3.16. The van der Waals surface area contributed by atoms with Gasteiger partial charge in [0, 0.05) is 16.8 Å². The first-order chi connectivity index (χ1) is 11.1. The van der Waals surface area contributed by atoms with Gasteiger partial charge in [-0.3, -0.25) is 9.69 Å². The summed E-state index contributed by atoms with van der Waals surface area (Å²) in [5.41, 5.74) is 6.90. The molecule has 1 saturated heterocycles. The number of aliphatic hydroxyl groups is 1. The normalized spacial score (nSPS) is 18.0. The molecule has 1 amide bonds. The first-order valence-electron chi connectivity index (χ1n) is 7.96. The minimum absolute atomic E-state index is 0.318. The van der Waals surface area contributed by atoms with Crippen molar-refractivity contribution in [3.05, 3.63) is 57.8 Å². The minimum atomic E-state index is -0.374. The van der Waals surface area contributed by atoms with Crippen LogP contribution in [-0.2, 0) is 6.54 Å². The zero-order valence-corrected chi connectivity index (χ0v) is 13.8. The standard InChI is InChI=1S/C18H22N2O2S/c19-18(22)15-10-16(23-12-15)11-20-8-6-14(7-9-20)17(21)13-4-2-1-3-5-13/h1-5,10,12,14,17,21H,6-9,11H2,(H2,19,22)/t17-/m0/s1.